The molecule has 2 rings (SSSR count). The van der Waals surface area contributed by atoms with Crippen LogP contribution < -0.4 is 5.73 Å². The standard InChI is InChI=1S/C15H20BF2NO3/c1-14(2)15(3,4)22-16(21-14)10(8-20)5-9-6-11(17)13(19)12(18)7-9/h5-7,20H,8,19H2,1-4H3. The highest BCUT2D eigenvalue weighted by Gasteiger charge is 2.52. The van der Waals surface area contributed by atoms with Gasteiger partial charge in [-0.25, -0.2) is 8.78 Å². The van der Waals surface area contributed by atoms with Gasteiger partial charge in [0.15, 0.2) is 0 Å². The maximum absolute atomic E-state index is 13.5. The van der Waals surface area contributed by atoms with Crippen LogP contribution in [0.5, 0.6) is 0 Å². The van der Waals surface area contributed by atoms with Crippen LogP contribution in [0.4, 0.5) is 14.5 Å². The summed E-state index contributed by atoms with van der Waals surface area (Å²) in [5.41, 5.74) is 4.19. The number of nitrogens with two attached hydrogens (primary N) is 1. The Labute approximate surface area is 129 Å². The first-order valence-electron chi connectivity index (χ1n) is 6.99. The van der Waals surface area contributed by atoms with Gasteiger partial charge in [0.1, 0.15) is 17.3 Å². The summed E-state index contributed by atoms with van der Waals surface area (Å²) in [6, 6.07) is 2.19. The summed E-state index contributed by atoms with van der Waals surface area (Å²) >= 11 is 0. The molecule has 1 fully saturated rings. The van der Waals surface area contributed by atoms with E-state index in [-0.39, 0.29) is 12.2 Å². The van der Waals surface area contributed by atoms with Gasteiger partial charge in [0.25, 0.3) is 0 Å². The zero-order valence-electron chi connectivity index (χ0n) is 13.1. The van der Waals surface area contributed by atoms with E-state index in [4.69, 9.17) is 15.0 Å². The van der Waals surface area contributed by atoms with Gasteiger partial charge in [-0.3, -0.25) is 0 Å². The molecule has 1 aliphatic rings. The maximum Gasteiger partial charge on any atom is 0.492 e. The van der Waals surface area contributed by atoms with Gasteiger partial charge in [0.05, 0.1) is 17.8 Å². The molecule has 0 spiro atoms. The molecule has 1 heterocycles. The SMILES string of the molecule is CC1(C)OB(C(=Cc2cc(F)c(N)c(F)c2)CO)OC1(C)C. The molecule has 0 atom stereocenters. The summed E-state index contributed by atoms with van der Waals surface area (Å²) in [5.74, 6) is -1.70. The van der Waals surface area contributed by atoms with Crippen LogP contribution in [0.2, 0.25) is 0 Å². The smallest absolute Gasteiger partial charge is 0.400 e. The van der Waals surface area contributed by atoms with Crippen molar-refractivity contribution in [3.63, 3.8) is 0 Å². The van der Waals surface area contributed by atoms with Crippen LogP contribution in [0.25, 0.3) is 6.08 Å². The Morgan fingerprint density at radius 3 is 2.05 bits per heavy atom. The topological polar surface area (TPSA) is 64.7 Å². The molecule has 1 saturated heterocycles. The van der Waals surface area contributed by atoms with E-state index in [1.807, 2.05) is 27.7 Å². The molecule has 120 valence electrons. The fourth-order valence-corrected chi connectivity index (χ4v) is 2.08. The van der Waals surface area contributed by atoms with Crippen molar-refractivity contribution in [3.05, 3.63) is 34.8 Å². The average molecular weight is 311 g/mol. The first-order chi connectivity index (χ1) is 10.1. The van der Waals surface area contributed by atoms with E-state index < -0.39 is 35.6 Å². The summed E-state index contributed by atoms with van der Waals surface area (Å²) < 4.78 is 38.6. The number of hydrogen-bond donors (Lipinski definition) is 2. The molecule has 7 heteroatoms. The normalized spacial score (nSPS) is 20.5. The lowest BCUT2D eigenvalue weighted by Crippen LogP contribution is -2.41. The molecule has 0 aliphatic carbocycles. The molecule has 3 N–H and O–H groups in total. The first-order valence-corrected chi connectivity index (χ1v) is 6.99. The van der Waals surface area contributed by atoms with Crippen LogP contribution in [-0.4, -0.2) is 30.0 Å². The minimum absolute atomic E-state index is 0.239. The number of nitrogen functional groups attached to an aromatic ring is 1. The van der Waals surface area contributed by atoms with Crippen molar-refractivity contribution in [2.45, 2.75) is 38.9 Å². The Morgan fingerprint density at radius 2 is 1.64 bits per heavy atom. The van der Waals surface area contributed by atoms with Crippen molar-refractivity contribution < 1.29 is 23.2 Å². The van der Waals surface area contributed by atoms with Gasteiger partial charge >= 0.3 is 7.12 Å². The highest BCUT2D eigenvalue weighted by Crippen LogP contribution is 2.38. The summed E-state index contributed by atoms with van der Waals surface area (Å²) in [5, 5.41) is 9.54. The molecule has 0 saturated carbocycles. The second-order valence-corrected chi connectivity index (χ2v) is 6.36. The van der Waals surface area contributed by atoms with E-state index in [0.29, 0.717) is 5.47 Å². The lowest BCUT2D eigenvalue weighted by molar-refractivity contribution is 0.00578. The zero-order chi connectivity index (χ0) is 16.7. The van der Waals surface area contributed by atoms with Gasteiger partial charge < -0.3 is 20.1 Å². The van der Waals surface area contributed by atoms with Gasteiger partial charge in [0.2, 0.25) is 0 Å². The number of benzene rings is 1. The monoisotopic (exact) mass is 311 g/mol. The van der Waals surface area contributed by atoms with Gasteiger partial charge in [-0.2, -0.15) is 0 Å². The Morgan fingerprint density at radius 1 is 1.18 bits per heavy atom. The molecule has 0 unspecified atom stereocenters. The Kier molecular flexibility index (Phi) is 4.34. The average Bonchev–Trinajstić information content (AvgIpc) is 2.61. The quantitative estimate of drug-likeness (QED) is 0.665. The Hall–Kier alpha value is -1.44. The lowest BCUT2D eigenvalue weighted by Gasteiger charge is -2.32. The van der Waals surface area contributed by atoms with Crippen molar-refractivity contribution in [3.8, 4) is 0 Å². The van der Waals surface area contributed by atoms with Crippen molar-refractivity contribution in [1.29, 1.82) is 0 Å². The molecular formula is C15H20BF2NO3. The predicted octanol–water partition coefficient (Wildman–Crippen LogP) is 2.55. The molecule has 0 bridgehead atoms. The van der Waals surface area contributed by atoms with Gasteiger partial charge in [-0.1, -0.05) is 6.08 Å². The zero-order valence-corrected chi connectivity index (χ0v) is 13.1. The van der Waals surface area contributed by atoms with E-state index in [1.165, 1.54) is 6.08 Å². The van der Waals surface area contributed by atoms with E-state index in [0.717, 1.165) is 12.1 Å². The van der Waals surface area contributed by atoms with Gasteiger partial charge in [-0.15, -0.1) is 0 Å². The van der Waals surface area contributed by atoms with Crippen molar-refractivity contribution in [2.75, 3.05) is 12.3 Å². The fourth-order valence-electron chi connectivity index (χ4n) is 2.08. The van der Waals surface area contributed by atoms with Crippen LogP contribution >= 0.6 is 0 Å². The largest absolute Gasteiger partial charge is 0.492 e. The van der Waals surface area contributed by atoms with Crippen LogP contribution in [0, 0.1) is 11.6 Å². The molecule has 4 nitrogen and oxygen atoms in total. The number of halogens is 2. The highest BCUT2D eigenvalue weighted by molar-refractivity contribution is 6.55. The Balaban J connectivity index is 2.34. The minimum atomic E-state index is -0.850. The van der Waals surface area contributed by atoms with Gasteiger partial charge in [-0.05, 0) is 50.9 Å². The number of anilines is 1. The third kappa shape index (κ3) is 3.02. The number of hydrogen-bond acceptors (Lipinski definition) is 4. The van der Waals surface area contributed by atoms with Gasteiger partial charge in [0, 0.05) is 0 Å². The highest BCUT2D eigenvalue weighted by atomic mass is 19.1. The fraction of sp³-hybridized carbons (Fsp3) is 0.467. The van der Waals surface area contributed by atoms with E-state index >= 15 is 0 Å². The molecule has 0 amide bonds. The van der Waals surface area contributed by atoms with Crippen LogP contribution in [0.3, 0.4) is 0 Å². The number of aliphatic hydroxyl groups excluding tert-OH is 1. The van der Waals surface area contributed by atoms with Crippen molar-refractivity contribution in [1.82, 2.24) is 0 Å². The second kappa shape index (κ2) is 5.64. The maximum atomic E-state index is 13.5. The molecule has 1 aromatic carbocycles. The summed E-state index contributed by atoms with van der Waals surface area (Å²) in [6.07, 6.45) is 1.44. The molecule has 22 heavy (non-hydrogen) atoms. The van der Waals surface area contributed by atoms with E-state index in [1.54, 1.807) is 0 Å². The summed E-state index contributed by atoms with van der Waals surface area (Å²) in [7, 11) is -0.779. The molecule has 0 aromatic heterocycles. The van der Waals surface area contributed by atoms with Crippen LogP contribution in [-0.2, 0) is 9.31 Å². The van der Waals surface area contributed by atoms with Crippen molar-refractivity contribution >= 4 is 18.9 Å². The number of rotatable bonds is 3. The van der Waals surface area contributed by atoms with Crippen LogP contribution in [0.1, 0.15) is 33.3 Å². The third-order valence-electron chi connectivity index (χ3n) is 4.19. The minimum Gasteiger partial charge on any atom is -0.400 e. The molecule has 0 radical (unpaired) electrons. The Bertz CT molecular complexity index is 578. The van der Waals surface area contributed by atoms with E-state index in [9.17, 15) is 13.9 Å². The molecule has 1 aliphatic heterocycles. The number of aliphatic hydroxyl groups is 1. The molecule has 1 aromatic rings. The summed E-state index contributed by atoms with van der Waals surface area (Å²) in [6.45, 7) is 7.16. The van der Waals surface area contributed by atoms with Crippen molar-refractivity contribution in [2.24, 2.45) is 0 Å². The van der Waals surface area contributed by atoms with Crippen LogP contribution in [0.15, 0.2) is 17.6 Å². The lowest BCUT2D eigenvalue weighted by atomic mass is 9.77. The third-order valence-corrected chi connectivity index (χ3v) is 4.19. The van der Waals surface area contributed by atoms with E-state index in [2.05, 4.69) is 0 Å². The first kappa shape index (κ1) is 16.9. The molecular weight excluding hydrogens is 291 g/mol. The second-order valence-electron chi connectivity index (χ2n) is 6.36. The summed E-state index contributed by atoms with van der Waals surface area (Å²) in [4.78, 5) is 0. The predicted molar refractivity (Wildman–Crippen MR) is 81.9 cm³/mol.